The summed E-state index contributed by atoms with van der Waals surface area (Å²) in [4.78, 5) is 19.8. The summed E-state index contributed by atoms with van der Waals surface area (Å²) in [6.45, 7) is 5.97. The van der Waals surface area contributed by atoms with Crippen LogP contribution in [-0.4, -0.2) is 41.0 Å². The molecule has 2 aromatic heterocycles. The van der Waals surface area contributed by atoms with E-state index in [4.69, 9.17) is 0 Å². The maximum Gasteiger partial charge on any atom is 0.259 e. The molecule has 0 aromatic carbocycles. The molecule has 0 amide bonds. The smallest absolute Gasteiger partial charge is 0.259 e. The van der Waals surface area contributed by atoms with Crippen LogP contribution in [0.3, 0.4) is 0 Å². The fraction of sp³-hybridized carbons (Fsp3) is 0.600. The van der Waals surface area contributed by atoms with Crippen molar-refractivity contribution >= 4 is 16.3 Å². The largest absolute Gasteiger partial charge is 0.316 e. The third-order valence-electron chi connectivity index (χ3n) is 4.03. The van der Waals surface area contributed by atoms with Gasteiger partial charge in [0.15, 0.2) is 4.96 Å². The van der Waals surface area contributed by atoms with Gasteiger partial charge in [0.05, 0.1) is 5.69 Å². The third kappa shape index (κ3) is 3.33. The second-order valence-electron chi connectivity index (χ2n) is 5.99. The van der Waals surface area contributed by atoms with E-state index in [0.717, 1.165) is 42.5 Å². The average molecular weight is 306 g/mol. The van der Waals surface area contributed by atoms with Gasteiger partial charge in [-0.05, 0) is 45.8 Å². The highest BCUT2D eigenvalue weighted by molar-refractivity contribution is 7.15. The van der Waals surface area contributed by atoms with Crippen LogP contribution in [0.15, 0.2) is 16.2 Å². The van der Waals surface area contributed by atoms with Crippen LogP contribution in [0, 0.1) is 12.8 Å². The number of aromatic nitrogens is 2. The molecule has 1 saturated heterocycles. The molecule has 1 unspecified atom stereocenters. The highest BCUT2D eigenvalue weighted by Gasteiger charge is 2.16. The highest BCUT2D eigenvalue weighted by Crippen LogP contribution is 2.14. The van der Waals surface area contributed by atoms with Gasteiger partial charge < -0.3 is 10.2 Å². The van der Waals surface area contributed by atoms with E-state index in [1.54, 1.807) is 10.5 Å². The molecule has 114 valence electrons. The van der Waals surface area contributed by atoms with Gasteiger partial charge in [-0.3, -0.25) is 9.20 Å². The lowest BCUT2D eigenvalue weighted by atomic mass is 9.99. The Labute approximate surface area is 128 Å². The van der Waals surface area contributed by atoms with Gasteiger partial charge in [-0.2, -0.15) is 0 Å². The Morgan fingerprint density at radius 1 is 1.57 bits per heavy atom. The molecule has 0 aliphatic carbocycles. The maximum atomic E-state index is 12.2. The summed E-state index contributed by atoms with van der Waals surface area (Å²) in [5.41, 5.74) is 1.86. The fourth-order valence-corrected chi connectivity index (χ4v) is 3.93. The number of fused-ring (bicyclic) bond motifs is 1. The molecular weight excluding hydrogens is 284 g/mol. The van der Waals surface area contributed by atoms with Crippen molar-refractivity contribution in [2.45, 2.75) is 26.3 Å². The molecule has 0 bridgehead atoms. The summed E-state index contributed by atoms with van der Waals surface area (Å²) in [5.74, 6) is 0.706. The molecular formula is C15H22N4OS. The number of hydrogen-bond donors (Lipinski definition) is 1. The zero-order valence-electron chi connectivity index (χ0n) is 12.6. The van der Waals surface area contributed by atoms with Gasteiger partial charge in [-0.15, -0.1) is 11.3 Å². The molecule has 1 atom stereocenters. The van der Waals surface area contributed by atoms with Crippen molar-refractivity contribution in [3.8, 4) is 0 Å². The highest BCUT2D eigenvalue weighted by atomic mass is 32.1. The molecule has 3 heterocycles. The summed E-state index contributed by atoms with van der Waals surface area (Å²) >= 11 is 1.53. The number of nitrogens with zero attached hydrogens (tertiary/aromatic N) is 3. The van der Waals surface area contributed by atoms with Crippen molar-refractivity contribution in [1.82, 2.24) is 19.6 Å². The van der Waals surface area contributed by atoms with E-state index in [1.165, 1.54) is 24.2 Å². The molecule has 1 N–H and O–H groups in total. The first kappa shape index (κ1) is 14.7. The van der Waals surface area contributed by atoms with E-state index in [0.29, 0.717) is 5.92 Å². The van der Waals surface area contributed by atoms with Crippen LogP contribution in [0.1, 0.15) is 24.2 Å². The summed E-state index contributed by atoms with van der Waals surface area (Å²) in [5, 5.41) is 5.42. The maximum absolute atomic E-state index is 12.2. The lowest BCUT2D eigenvalue weighted by Gasteiger charge is -2.27. The second kappa shape index (κ2) is 6.25. The van der Waals surface area contributed by atoms with Crippen LogP contribution in [0.2, 0.25) is 0 Å². The van der Waals surface area contributed by atoms with E-state index >= 15 is 0 Å². The SMILES string of the molecule is Cc1csc2nc(CN(C)CC3CCCNC3)cc(=O)n12. The van der Waals surface area contributed by atoms with Gasteiger partial charge in [-0.1, -0.05) is 0 Å². The summed E-state index contributed by atoms with van der Waals surface area (Å²) in [7, 11) is 2.11. The van der Waals surface area contributed by atoms with Gasteiger partial charge in [0.25, 0.3) is 5.56 Å². The first-order valence-electron chi connectivity index (χ1n) is 7.49. The van der Waals surface area contributed by atoms with Crippen molar-refractivity contribution < 1.29 is 0 Å². The number of piperidine rings is 1. The Bertz CT molecular complexity index is 672. The summed E-state index contributed by atoms with van der Waals surface area (Å²) in [6.07, 6.45) is 2.55. The predicted octanol–water partition coefficient (Wildman–Crippen LogP) is 1.50. The van der Waals surface area contributed by atoms with E-state index in [9.17, 15) is 4.79 Å². The normalized spacial score (nSPS) is 19.5. The van der Waals surface area contributed by atoms with E-state index in [-0.39, 0.29) is 5.56 Å². The Hall–Kier alpha value is -1.24. The predicted molar refractivity (Wildman–Crippen MR) is 86.0 cm³/mol. The van der Waals surface area contributed by atoms with Crippen molar-refractivity contribution in [3.05, 3.63) is 33.2 Å². The van der Waals surface area contributed by atoms with E-state index < -0.39 is 0 Å². The van der Waals surface area contributed by atoms with Gasteiger partial charge >= 0.3 is 0 Å². The monoisotopic (exact) mass is 306 g/mol. The quantitative estimate of drug-likeness (QED) is 0.930. The van der Waals surface area contributed by atoms with E-state index in [1.807, 2.05) is 12.3 Å². The number of nitrogens with one attached hydrogen (secondary N) is 1. The Morgan fingerprint density at radius 3 is 3.19 bits per heavy atom. The molecule has 3 rings (SSSR count). The minimum absolute atomic E-state index is 0.0292. The average Bonchev–Trinajstić information content (AvgIpc) is 2.81. The molecule has 2 aromatic rings. The van der Waals surface area contributed by atoms with Gasteiger partial charge in [0.2, 0.25) is 0 Å². The van der Waals surface area contributed by atoms with Crippen molar-refractivity contribution in [3.63, 3.8) is 0 Å². The van der Waals surface area contributed by atoms with Crippen LogP contribution >= 0.6 is 11.3 Å². The van der Waals surface area contributed by atoms with Crippen LogP contribution in [0.5, 0.6) is 0 Å². The van der Waals surface area contributed by atoms with Crippen molar-refractivity contribution in [1.29, 1.82) is 0 Å². The van der Waals surface area contributed by atoms with Crippen LogP contribution in [0.4, 0.5) is 0 Å². The molecule has 5 nitrogen and oxygen atoms in total. The lowest BCUT2D eigenvalue weighted by Crippen LogP contribution is -2.36. The zero-order chi connectivity index (χ0) is 14.8. The Morgan fingerprint density at radius 2 is 2.43 bits per heavy atom. The second-order valence-corrected chi connectivity index (χ2v) is 6.83. The van der Waals surface area contributed by atoms with E-state index in [2.05, 4.69) is 22.2 Å². The molecule has 21 heavy (non-hydrogen) atoms. The Balaban J connectivity index is 1.70. The lowest BCUT2D eigenvalue weighted by molar-refractivity contribution is 0.235. The van der Waals surface area contributed by atoms with Gasteiger partial charge in [-0.25, -0.2) is 4.98 Å². The van der Waals surface area contributed by atoms with Crippen LogP contribution < -0.4 is 10.9 Å². The molecule has 0 radical (unpaired) electrons. The fourth-order valence-electron chi connectivity index (χ4n) is 3.04. The van der Waals surface area contributed by atoms with Gasteiger partial charge in [0.1, 0.15) is 0 Å². The standard InChI is InChI=1S/C15H22N4OS/c1-11-10-21-15-17-13(6-14(20)19(11)15)9-18(2)8-12-4-3-5-16-7-12/h6,10,12,16H,3-5,7-9H2,1-2H3. The molecule has 6 heteroatoms. The Kier molecular flexibility index (Phi) is 4.37. The topological polar surface area (TPSA) is 49.6 Å². The van der Waals surface area contributed by atoms with Crippen molar-refractivity contribution in [2.24, 2.45) is 5.92 Å². The molecule has 1 fully saturated rings. The minimum atomic E-state index is 0.0292. The number of aryl methyl sites for hydroxylation is 1. The molecule has 1 aliphatic heterocycles. The molecule has 0 saturated carbocycles. The molecule has 0 spiro atoms. The summed E-state index contributed by atoms with van der Waals surface area (Å²) < 4.78 is 1.68. The zero-order valence-corrected chi connectivity index (χ0v) is 13.4. The third-order valence-corrected chi connectivity index (χ3v) is 4.97. The first-order chi connectivity index (χ1) is 10.1. The van der Waals surface area contributed by atoms with Gasteiger partial charge in [0, 0.05) is 30.2 Å². The number of rotatable bonds is 4. The first-order valence-corrected chi connectivity index (χ1v) is 8.37. The summed E-state index contributed by atoms with van der Waals surface area (Å²) in [6, 6.07) is 1.67. The van der Waals surface area contributed by atoms with Crippen LogP contribution in [-0.2, 0) is 6.54 Å². The van der Waals surface area contributed by atoms with Crippen LogP contribution in [0.25, 0.3) is 4.96 Å². The van der Waals surface area contributed by atoms with Crippen molar-refractivity contribution in [2.75, 3.05) is 26.7 Å². The number of hydrogen-bond acceptors (Lipinski definition) is 5. The number of thiazole rings is 1. The minimum Gasteiger partial charge on any atom is -0.316 e. The molecule has 1 aliphatic rings.